The van der Waals surface area contributed by atoms with Crippen LogP contribution >= 0.6 is 0 Å². The van der Waals surface area contributed by atoms with Gasteiger partial charge in [0.05, 0.1) is 0 Å². The van der Waals surface area contributed by atoms with Gasteiger partial charge in [-0.25, -0.2) is 0 Å². The average Bonchev–Trinajstić information content (AvgIpc) is 2.41. The highest BCUT2D eigenvalue weighted by atomic mass is 14.1. The van der Waals surface area contributed by atoms with Crippen LogP contribution in [0.2, 0.25) is 0 Å². The molecule has 0 heterocycles. The van der Waals surface area contributed by atoms with E-state index in [4.69, 9.17) is 0 Å². The van der Waals surface area contributed by atoms with Crippen molar-refractivity contribution in [2.75, 3.05) is 0 Å². The van der Waals surface area contributed by atoms with Crippen molar-refractivity contribution in [2.45, 2.75) is 53.4 Å². The van der Waals surface area contributed by atoms with Gasteiger partial charge in [-0.15, -0.1) is 0 Å². The van der Waals surface area contributed by atoms with E-state index in [1.807, 2.05) is 20.8 Å². The van der Waals surface area contributed by atoms with Crippen molar-refractivity contribution < 1.29 is 0 Å². The highest BCUT2D eigenvalue weighted by molar-refractivity contribution is 5.24. The van der Waals surface area contributed by atoms with Gasteiger partial charge >= 0.3 is 0 Å². The molecule has 0 saturated heterocycles. The molecule has 1 atom stereocenters. The molecule has 0 radical (unpaired) electrons. The molecule has 0 nitrogen and oxygen atoms in total. The van der Waals surface area contributed by atoms with Gasteiger partial charge in [-0.05, 0) is 38.2 Å². The van der Waals surface area contributed by atoms with Gasteiger partial charge in [-0.2, -0.15) is 0 Å². The number of aryl methyl sites for hydroxylation is 1. The van der Waals surface area contributed by atoms with Crippen LogP contribution in [-0.4, -0.2) is 0 Å². The van der Waals surface area contributed by atoms with E-state index in [-0.39, 0.29) is 0 Å². The van der Waals surface area contributed by atoms with Crippen LogP contribution in [0.3, 0.4) is 0 Å². The molecule has 0 fully saturated rings. The first-order chi connectivity index (χ1) is 8.74. The second kappa shape index (κ2) is 10.8. The molecule has 1 unspecified atom stereocenters. The molecule has 0 amide bonds. The highest BCUT2D eigenvalue weighted by Crippen LogP contribution is 2.20. The van der Waals surface area contributed by atoms with E-state index < -0.39 is 0 Å². The normalized spacial score (nSPS) is 12.5. The van der Waals surface area contributed by atoms with Gasteiger partial charge in [-0.3, -0.25) is 0 Å². The Balaban J connectivity index is 0.00000137. The standard InChI is InChI=1S/C16H22.C2H6/c1-4-5-6-7-8-9-15(3)16-12-10-14(2)11-13-16;1-2/h4-7,10-13,15H,8-9H2,1-3H3;1-2H3/b5-4+,7-6+;. The van der Waals surface area contributed by atoms with Crippen molar-refractivity contribution in [3.8, 4) is 0 Å². The molecule has 0 heteroatoms. The predicted octanol–water partition coefficient (Wildman–Crippen LogP) is 6.04. The van der Waals surface area contributed by atoms with E-state index in [9.17, 15) is 0 Å². The molecule has 0 aliphatic heterocycles. The first kappa shape index (κ1) is 16.7. The first-order valence-corrected chi connectivity index (χ1v) is 7.08. The summed E-state index contributed by atoms with van der Waals surface area (Å²) >= 11 is 0. The third-order valence-electron chi connectivity index (χ3n) is 2.85. The van der Waals surface area contributed by atoms with Crippen LogP contribution in [0.4, 0.5) is 0 Å². The molecule has 18 heavy (non-hydrogen) atoms. The van der Waals surface area contributed by atoms with Crippen LogP contribution in [0, 0.1) is 6.92 Å². The van der Waals surface area contributed by atoms with Gasteiger partial charge in [0, 0.05) is 0 Å². The lowest BCUT2D eigenvalue weighted by Crippen LogP contribution is -1.92. The second-order valence-electron chi connectivity index (χ2n) is 4.34. The summed E-state index contributed by atoms with van der Waals surface area (Å²) in [6, 6.07) is 8.88. The Hall–Kier alpha value is -1.30. The monoisotopic (exact) mass is 244 g/mol. The fourth-order valence-electron chi connectivity index (χ4n) is 1.69. The van der Waals surface area contributed by atoms with Crippen LogP contribution in [0.1, 0.15) is 57.6 Å². The molecule has 0 aromatic heterocycles. The van der Waals surface area contributed by atoms with Crippen molar-refractivity contribution in [1.29, 1.82) is 0 Å². The summed E-state index contributed by atoms with van der Waals surface area (Å²) < 4.78 is 0. The first-order valence-electron chi connectivity index (χ1n) is 7.08. The lowest BCUT2D eigenvalue weighted by molar-refractivity contribution is 0.690. The molecular formula is C18H28. The van der Waals surface area contributed by atoms with Crippen molar-refractivity contribution >= 4 is 0 Å². The van der Waals surface area contributed by atoms with Crippen molar-refractivity contribution in [3.63, 3.8) is 0 Å². The third-order valence-corrected chi connectivity index (χ3v) is 2.85. The Kier molecular flexibility index (Phi) is 10.0. The Morgan fingerprint density at radius 2 is 1.67 bits per heavy atom. The van der Waals surface area contributed by atoms with Gasteiger partial charge in [0.2, 0.25) is 0 Å². The van der Waals surface area contributed by atoms with E-state index in [0.717, 1.165) is 6.42 Å². The molecule has 0 spiro atoms. The number of benzene rings is 1. The van der Waals surface area contributed by atoms with E-state index in [0.29, 0.717) is 5.92 Å². The Morgan fingerprint density at radius 1 is 1.06 bits per heavy atom. The smallest absolute Gasteiger partial charge is 0.0187 e. The van der Waals surface area contributed by atoms with E-state index in [1.165, 1.54) is 17.5 Å². The molecule has 0 aliphatic carbocycles. The topological polar surface area (TPSA) is 0 Å². The zero-order chi connectivity index (χ0) is 13.8. The largest absolute Gasteiger partial charge is 0.0877 e. The summed E-state index contributed by atoms with van der Waals surface area (Å²) in [6.07, 6.45) is 10.9. The number of rotatable bonds is 5. The van der Waals surface area contributed by atoms with Crippen LogP contribution < -0.4 is 0 Å². The van der Waals surface area contributed by atoms with E-state index in [1.54, 1.807) is 0 Å². The minimum Gasteiger partial charge on any atom is -0.0877 e. The van der Waals surface area contributed by atoms with Crippen LogP contribution in [-0.2, 0) is 0 Å². The molecule has 0 N–H and O–H groups in total. The van der Waals surface area contributed by atoms with Gasteiger partial charge < -0.3 is 0 Å². The van der Waals surface area contributed by atoms with Crippen LogP contribution in [0.15, 0.2) is 48.6 Å². The molecule has 1 aromatic rings. The van der Waals surface area contributed by atoms with Gasteiger partial charge in [0.1, 0.15) is 0 Å². The summed E-state index contributed by atoms with van der Waals surface area (Å²) in [5.74, 6) is 0.649. The molecule has 0 aliphatic rings. The predicted molar refractivity (Wildman–Crippen MR) is 84.1 cm³/mol. The van der Waals surface area contributed by atoms with Gasteiger partial charge in [0.15, 0.2) is 0 Å². The molecule has 1 rings (SSSR count). The van der Waals surface area contributed by atoms with Crippen molar-refractivity contribution in [2.24, 2.45) is 0 Å². The minimum atomic E-state index is 0.649. The zero-order valence-electron chi connectivity index (χ0n) is 12.6. The van der Waals surface area contributed by atoms with E-state index >= 15 is 0 Å². The molecule has 100 valence electrons. The molecular weight excluding hydrogens is 216 g/mol. The van der Waals surface area contributed by atoms with Crippen LogP contribution in [0.5, 0.6) is 0 Å². The average molecular weight is 244 g/mol. The molecule has 0 bridgehead atoms. The zero-order valence-corrected chi connectivity index (χ0v) is 12.6. The Morgan fingerprint density at radius 3 is 2.22 bits per heavy atom. The summed E-state index contributed by atoms with van der Waals surface area (Å²) in [5, 5.41) is 0. The summed E-state index contributed by atoms with van der Waals surface area (Å²) in [6.45, 7) is 10.5. The maximum Gasteiger partial charge on any atom is -0.0187 e. The van der Waals surface area contributed by atoms with Gasteiger partial charge in [0.25, 0.3) is 0 Å². The summed E-state index contributed by atoms with van der Waals surface area (Å²) in [4.78, 5) is 0. The maximum absolute atomic E-state index is 2.30. The molecule has 0 saturated carbocycles. The Labute approximate surface area is 113 Å². The van der Waals surface area contributed by atoms with Crippen LogP contribution in [0.25, 0.3) is 0 Å². The minimum absolute atomic E-state index is 0.649. The number of allylic oxidation sites excluding steroid dienone is 4. The SMILES string of the molecule is C/C=C/C=C/CCC(C)c1ccc(C)cc1.CC. The maximum atomic E-state index is 2.30. The lowest BCUT2D eigenvalue weighted by Gasteiger charge is -2.10. The lowest BCUT2D eigenvalue weighted by atomic mass is 9.95. The third kappa shape index (κ3) is 7.11. The summed E-state index contributed by atoms with van der Waals surface area (Å²) in [5.41, 5.74) is 2.79. The second-order valence-corrected chi connectivity index (χ2v) is 4.34. The summed E-state index contributed by atoms with van der Waals surface area (Å²) in [7, 11) is 0. The van der Waals surface area contributed by atoms with Crippen molar-refractivity contribution in [3.05, 3.63) is 59.7 Å². The van der Waals surface area contributed by atoms with Crippen molar-refractivity contribution in [1.82, 2.24) is 0 Å². The fraction of sp³-hybridized carbons (Fsp3) is 0.444. The quantitative estimate of drug-likeness (QED) is 0.554. The van der Waals surface area contributed by atoms with E-state index in [2.05, 4.69) is 62.4 Å². The molecule has 1 aromatic carbocycles. The van der Waals surface area contributed by atoms with Gasteiger partial charge in [-0.1, -0.05) is 74.9 Å². The number of hydrogen-bond acceptors (Lipinski definition) is 0. The highest BCUT2D eigenvalue weighted by Gasteiger charge is 2.03. The fourth-order valence-corrected chi connectivity index (χ4v) is 1.69. The number of hydrogen-bond donors (Lipinski definition) is 0. The Bertz CT molecular complexity index is 341.